The molecule has 4 atom stereocenters. The van der Waals surface area contributed by atoms with Crippen LogP contribution in [-0.2, 0) is 19.1 Å². The van der Waals surface area contributed by atoms with Crippen molar-refractivity contribution < 1.29 is 19.1 Å². The van der Waals surface area contributed by atoms with Gasteiger partial charge in [-0.15, -0.1) is 0 Å². The van der Waals surface area contributed by atoms with Crippen LogP contribution >= 0.6 is 0 Å². The summed E-state index contributed by atoms with van der Waals surface area (Å²) in [5.41, 5.74) is 1.35. The molecule has 1 aromatic carbocycles. The number of amides is 3. The average molecular weight is 408 g/mol. The zero-order valence-electron chi connectivity index (χ0n) is 16.7. The number of benzene rings is 1. The summed E-state index contributed by atoms with van der Waals surface area (Å²) < 4.78 is 7.80. The Hall–Kier alpha value is -3.13. The molecule has 3 amide bonds. The summed E-state index contributed by atoms with van der Waals surface area (Å²) in [7, 11) is 0. The fourth-order valence-electron chi connectivity index (χ4n) is 4.77. The SMILES string of the molecule is CC(C(=O)N1C[C@@H]2[C@H](C1)OC[C@@H]2C(=O)N1CC(=O)Nc2ccccc21)n1cccc1. The van der Waals surface area contributed by atoms with E-state index >= 15 is 0 Å². The van der Waals surface area contributed by atoms with Crippen LogP contribution in [0.2, 0.25) is 0 Å². The number of hydrogen-bond acceptors (Lipinski definition) is 4. The van der Waals surface area contributed by atoms with Crippen LogP contribution < -0.4 is 10.2 Å². The largest absolute Gasteiger partial charge is 0.375 e. The number of fused-ring (bicyclic) bond motifs is 2. The van der Waals surface area contributed by atoms with Gasteiger partial charge in [-0.1, -0.05) is 12.1 Å². The van der Waals surface area contributed by atoms with Gasteiger partial charge < -0.3 is 24.4 Å². The molecule has 0 spiro atoms. The van der Waals surface area contributed by atoms with Crippen molar-refractivity contribution in [2.45, 2.75) is 19.1 Å². The summed E-state index contributed by atoms with van der Waals surface area (Å²) in [6.07, 6.45) is 3.61. The topological polar surface area (TPSA) is 83.9 Å². The van der Waals surface area contributed by atoms with Crippen molar-refractivity contribution in [1.82, 2.24) is 9.47 Å². The lowest BCUT2D eigenvalue weighted by Crippen LogP contribution is -2.47. The molecule has 0 radical (unpaired) electrons. The first-order chi connectivity index (χ1) is 14.5. The minimum absolute atomic E-state index is 0.00293. The third-order valence-corrected chi connectivity index (χ3v) is 6.41. The second-order valence-corrected chi connectivity index (χ2v) is 8.18. The number of anilines is 2. The lowest BCUT2D eigenvalue weighted by Gasteiger charge is -2.32. The molecule has 1 N–H and O–H groups in total. The minimum Gasteiger partial charge on any atom is -0.375 e. The number of carbonyl (C=O) groups excluding carboxylic acids is 3. The minimum atomic E-state index is -0.367. The number of rotatable bonds is 3. The summed E-state index contributed by atoms with van der Waals surface area (Å²) in [4.78, 5) is 41.8. The highest BCUT2D eigenvalue weighted by Crippen LogP contribution is 2.38. The third-order valence-electron chi connectivity index (χ3n) is 6.41. The van der Waals surface area contributed by atoms with Gasteiger partial charge in [-0.3, -0.25) is 14.4 Å². The number of nitrogens with zero attached hydrogens (tertiary/aromatic N) is 3. The summed E-state index contributed by atoms with van der Waals surface area (Å²) in [6.45, 7) is 3.19. The molecule has 1 aromatic heterocycles. The summed E-state index contributed by atoms with van der Waals surface area (Å²) in [6, 6.07) is 10.8. The van der Waals surface area contributed by atoms with E-state index in [9.17, 15) is 14.4 Å². The Balaban J connectivity index is 1.32. The smallest absolute Gasteiger partial charge is 0.245 e. The zero-order valence-corrected chi connectivity index (χ0v) is 16.7. The molecule has 2 aromatic rings. The number of likely N-dealkylation sites (tertiary alicyclic amines) is 1. The van der Waals surface area contributed by atoms with Crippen LogP contribution in [0.1, 0.15) is 13.0 Å². The molecule has 3 aliphatic rings. The van der Waals surface area contributed by atoms with Crippen molar-refractivity contribution in [3.8, 4) is 0 Å². The van der Waals surface area contributed by atoms with E-state index in [0.717, 1.165) is 0 Å². The molecular formula is C22H24N4O4. The molecule has 8 heteroatoms. The van der Waals surface area contributed by atoms with Gasteiger partial charge in [0.25, 0.3) is 0 Å². The van der Waals surface area contributed by atoms with Crippen LogP contribution in [0.25, 0.3) is 0 Å². The molecule has 4 heterocycles. The van der Waals surface area contributed by atoms with Crippen LogP contribution in [0.4, 0.5) is 11.4 Å². The number of aromatic nitrogens is 1. The fraction of sp³-hybridized carbons (Fsp3) is 0.409. The standard InChI is InChI=1S/C22H24N4O4/c1-14(24-8-4-5-9-24)21(28)25-10-15-16(13-30-19(15)11-25)22(29)26-12-20(27)23-17-6-2-3-7-18(17)26/h2-9,14-16,19H,10-13H2,1H3,(H,23,27)/t14?,15-,16-,19-/m0/s1. The molecule has 8 nitrogen and oxygen atoms in total. The van der Waals surface area contributed by atoms with E-state index < -0.39 is 0 Å². The number of nitrogens with one attached hydrogen (secondary N) is 1. The van der Waals surface area contributed by atoms with Gasteiger partial charge in [-0.2, -0.15) is 0 Å². The Kier molecular flexibility index (Phi) is 4.58. The van der Waals surface area contributed by atoms with Gasteiger partial charge in [0.1, 0.15) is 12.6 Å². The van der Waals surface area contributed by atoms with Gasteiger partial charge >= 0.3 is 0 Å². The second-order valence-electron chi connectivity index (χ2n) is 8.18. The summed E-state index contributed by atoms with van der Waals surface area (Å²) in [5.74, 6) is -0.721. The van der Waals surface area contributed by atoms with Gasteiger partial charge in [-0.25, -0.2) is 0 Å². The van der Waals surface area contributed by atoms with Gasteiger partial charge in [0, 0.05) is 31.4 Å². The van der Waals surface area contributed by atoms with Gasteiger partial charge in [-0.05, 0) is 31.2 Å². The first kappa shape index (κ1) is 18.9. The van der Waals surface area contributed by atoms with E-state index in [0.29, 0.717) is 31.1 Å². The highest BCUT2D eigenvalue weighted by molar-refractivity contribution is 6.10. The van der Waals surface area contributed by atoms with Crippen LogP contribution in [0, 0.1) is 11.8 Å². The van der Waals surface area contributed by atoms with Gasteiger partial charge in [0.05, 0.1) is 30.0 Å². The molecule has 1 unspecified atom stereocenters. The van der Waals surface area contributed by atoms with Gasteiger partial charge in [0.2, 0.25) is 17.7 Å². The number of hydrogen-bond donors (Lipinski definition) is 1. The van der Waals surface area contributed by atoms with Crippen molar-refractivity contribution in [3.63, 3.8) is 0 Å². The molecule has 5 rings (SSSR count). The predicted molar refractivity (Wildman–Crippen MR) is 110 cm³/mol. The molecule has 2 saturated heterocycles. The highest BCUT2D eigenvalue weighted by atomic mass is 16.5. The molecule has 2 fully saturated rings. The number of ether oxygens (including phenoxy) is 1. The van der Waals surface area contributed by atoms with E-state index in [4.69, 9.17) is 4.74 Å². The maximum Gasteiger partial charge on any atom is 0.245 e. The van der Waals surface area contributed by atoms with Crippen LogP contribution in [0.5, 0.6) is 0 Å². The normalized spacial score (nSPS) is 26.2. The van der Waals surface area contributed by atoms with Crippen molar-refractivity contribution >= 4 is 29.1 Å². The first-order valence-corrected chi connectivity index (χ1v) is 10.3. The van der Waals surface area contributed by atoms with Gasteiger partial charge in [0.15, 0.2) is 0 Å². The molecule has 0 aliphatic carbocycles. The van der Waals surface area contributed by atoms with Crippen molar-refractivity contribution in [2.75, 3.05) is 36.5 Å². The molecule has 156 valence electrons. The van der Waals surface area contributed by atoms with Crippen LogP contribution in [0.15, 0.2) is 48.8 Å². The van der Waals surface area contributed by atoms with E-state index in [1.54, 1.807) is 15.9 Å². The quantitative estimate of drug-likeness (QED) is 0.835. The Labute approximate surface area is 174 Å². The number of carbonyl (C=O) groups is 3. The molecule has 3 aliphatic heterocycles. The fourth-order valence-corrected chi connectivity index (χ4v) is 4.77. The van der Waals surface area contributed by atoms with E-state index in [1.165, 1.54) is 0 Å². The third kappa shape index (κ3) is 3.08. The summed E-state index contributed by atoms with van der Waals surface area (Å²) in [5, 5.41) is 2.81. The Morgan fingerprint density at radius 1 is 1.13 bits per heavy atom. The Morgan fingerprint density at radius 3 is 2.70 bits per heavy atom. The molecule has 0 bridgehead atoms. The second kappa shape index (κ2) is 7.28. The Bertz CT molecular complexity index is 989. The maximum absolute atomic E-state index is 13.4. The van der Waals surface area contributed by atoms with Crippen molar-refractivity contribution in [1.29, 1.82) is 0 Å². The Morgan fingerprint density at radius 2 is 1.90 bits per heavy atom. The zero-order chi connectivity index (χ0) is 20.8. The van der Waals surface area contributed by atoms with Crippen LogP contribution in [0.3, 0.4) is 0 Å². The number of para-hydroxylation sites is 2. The molecule has 30 heavy (non-hydrogen) atoms. The van der Waals surface area contributed by atoms with E-state index in [-0.39, 0.29) is 48.2 Å². The van der Waals surface area contributed by atoms with Crippen LogP contribution in [-0.4, -0.2) is 59.5 Å². The average Bonchev–Trinajstić information content (AvgIpc) is 3.48. The lowest BCUT2D eigenvalue weighted by atomic mass is 9.91. The molecule has 0 saturated carbocycles. The lowest BCUT2D eigenvalue weighted by molar-refractivity contribution is -0.134. The molecular weight excluding hydrogens is 384 g/mol. The maximum atomic E-state index is 13.4. The highest BCUT2D eigenvalue weighted by Gasteiger charge is 2.50. The summed E-state index contributed by atoms with van der Waals surface area (Å²) >= 11 is 0. The predicted octanol–water partition coefficient (Wildman–Crippen LogP) is 1.51. The first-order valence-electron chi connectivity index (χ1n) is 10.3. The van der Waals surface area contributed by atoms with Crippen molar-refractivity contribution in [3.05, 3.63) is 48.8 Å². The monoisotopic (exact) mass is 408 g/mol. The van der Waals surface area contributed by atoms with E-state index in [2.05, 4.69) is 5.32 Å². The van der Waals surface area contributed by atoms with E-state index in [1.807, 2.05) is 54.2 Å². The van der Waals surface area contributed by atoms with Crippen molar-refractivity contribution in [2.24, 2.45) is 11.8 Å².